The summed E-state index contributed by atoms with van der Waals surface area (Å²) in [6.07, 6.45) is 7.54. The van der Waals surface area contributed by atoms with Crippen molar-refractivity contribution in [2.75, 3.05) is 13.1 Å². The third kappa shape index (κ3) is 3.89. The van der Waals surface area contributed by atoms with Crippen LogP contribution in [0.15, 0.2) is 34.9 Å². The lowest BCUT2D eigenvalue weighted by Gasteiger charge is -2.25. The highest BCUT2D eigenvalue weighted by atomic mass is 16.5. The fourth-order valence-corrected chi connectivity index (χ4v) is 6.14. The van der Waals surface area contributed by atoms with Gasteiger partial charge in [-0.05, 0) is 50.0 Å². The summed E-state index contributed by atoms with van der Waals surface area (Å²) in [4.78, 5) is 19.8. The standard InChI is InChI=1S/C24H32N4O2/c1-17-25-23(30-27-17)24-13-21(26-22(29)11-18-7-5-6-8-18)12-20(24)15-28(16-24)14-19-9-3-2-4-10-19/h2-4,9-10,18,20-21H,5-8,11-16H2,1H3,(H,26,29). The molecule has 3 fully saturated rings. The zero-order chi connectivity index (χ0) is 20.6. The van der Waals surface area contributed by atoms with Gasteiger partial charge >= 0.3 is 0 Å². The van der Waals surface area contributed by atoms with Gasteiger partial charge in [0.25, 0.3) is 0 Å². The Kier molecular flexibility index (Phi) is 5.35. The first-order valence-electron chi connectivity index (χ1n) is 11.5. The molecule has 0 bridgehead atoms. The molecule has 5 rings (SSSR count). The quantitative estimate of drug-likeness (QED) is 0.791. The van der Waals surface area contributed by atoms with Crippen LogP contribution in [0.2, 0.25) is 0 Å². The lowest BCUT2D eigenvalue weighted by molar-refractivity contribution is -0.122. The normalized spacial score (nSPS) is 29.4. The second-order valence-electron chi connectivity index (χ2n) is 9.71. The number of rotatable bonds is 6. The Balaban J connectivity index is 1.29. The highest BCUT2D eigenvalue weighted by molar-refractivity contribution is 5.76. The Morgan fingerprint density at radius 2 is 2.07 bits per heavy atom. The molecule has 0 radical (unpaired) electrons. The zero-order valence-electron chi connectivity index (χ0n) is 17.8. The SMILES string of the molecule is Cc1noc(C23CC(NC(=O)CC4CCCC4)CC2CN(Cc2ccccc2)C3)n1. The number of aromatic nitrogens is 2. The van der Waals surface area contributed by atoms with Crippen molar-refractivity contribution in [1.29, 1.82) is 0 Å². The second-order valence-corrected chi connectivity index (χ2v) is 9.71. The van der Waals surface area contributed by atoms with Crippen molar-refractivity contribution in [2.24, 2.45) is 11.8 Å². The van der Waals surface area contributed by atoms with Gasteiger partial charge in [0.1, 0.15) is 0 Å². The maximum absolute atomic E-state index is 12.7. The van der Waals surface area contributed by atoms with E-state index in [0.29, 0.717) is 24.1 Å². The van der Waals surface area contributed by atoms with Crippen LogP contribution >= 0.6 is 0 Å². The van der Waals surface area contributed by atoms with Crippen LogP contribution in [0.3, 0.4) is 0 Å². The summed E-state index contributed by atoms with van der Waals surface area (Å²) in [6.45, 7) is 4.73. The minimum absolute atomic E-state index is 0.151. The van der Waals surface area contributed by atoms with Crippen LogP contribution in [0.25, 0.3) is 0 Å². The van der Waals surface area contributed by atoms with Gasteiger partial charge in [-0.3, -0.25) is 9.69 Å². The molecule has 1 N–H and O–H groups in total. The Morgan fingerprint density at radius 3 is 2.80 bits per heavy atom. The van der Waals surface area contributed by atoms with Gasteiger partial charge in [-0.2, -0.15) is 4.98 Å². The molecule has 2 aliphatic carbocycles. The van der Waals surface area contributed by atoms with Crippen molar-refractivity contribution in [1.82, 2.24) is 20.4 Å². The molecule has 2 aromatic rings. The summed E-state index contributed by atoms with van der Waals surface area (Å²) in [5.41, 5.74) is 1.18. The average Bonchev–Trinajstić information content (AvgIpc) is 3.48. The molecule has 2 heterocycles. The number of fused-ring (bicyclic) bond motifs is 1. The molecule has 0 spiro atoms. The molecule has 1 saturated heterocycles. The van der Waals surface area contributed by atoms with Crippen molar-refractivity contribution in [2.45, 2.75) is 69.9 Å². The average molecular weight is 409 g/mol. The largest absolute Gasteiger partial charge is 0.353 e. The molecule has 30 heavy (non-hydrogen) atoms. The van der Waals surface area contributed by atoms with E-state index in [1.807, 2.05) is 6.92 Å². The molecular weight excluding hydrogens is 376 g/mol. The van der Waals surface area contributed by atoms with E-state index in [1.54, 1.807) is 0 Å². The fraction of sp³-hybridized carbons (Fsp3) is 0.625. The summed E-state index contributed by atoms with van der Waals surface area (Å²) in [7, 11) is 0. The van der Waals surface area contributed by atoms with Gasteiger partial charge < -0.3 is 9.84 Å². The topological polar surface area (TPSA) is 71.3 Å². The van der Waals surface area contributed by atoms with Crippen molar-refractivity contribution in [3.05, 3.63) is 47.6 Å². The molecule has 3 unspecified atom stereocenters. The van der Waals surface area contributed by atoms with E-state index >= 15 is 0 Å². The number of likely N-dealkylation sites (tertiary alicyclic amines) is 1. The minimum Gasteiger partial charge on any atom is -0.353 e. The lowest BCUT2D eigenvalue weighted by atomic mass is 9.80. The third-order valence-corrected chi connectivity index (χ3v) is 7.46. The fourth-order valence-electron chi connectivity index (χ4n) is 6.14. The van der Waals surface area contributed by atoms with E-state index in [-0.39, 0.29) is 17.4 Å². The summed E-state index contributed by atoms with van der Waals surface area (Å²) in [5, 5.41) is 7.44. The molecule has 3 aliphatic rings. The lowest BCUT2D eigenvalue weighted by Crippen LogP contribution is -2.38. The number of nitrogens with zero attached hydrogens (tertiary/aromatic N) is 3. The van der Waals surface area contributed by atoms with Gasteiger partial charge in [-0.15, -0.1) is 0 Å². The maximum Gasteiger partial charge on any atom is 0.234 e. The maximum atomic E-state index is 12.7. The Hall–Kier alpha value is -2.21. The van der Waals surface area contributed by atoms with Crippen LogP contribution < -0.4 is 5.32 Å². The first-order chi connectivity index (χ1) is 14.6. The molecule has 1 aliphatic heterocycles. The molecule has 6 nitrogen and oxygen atoms in total. The monoisotopic (exact) mass is 408 g/mol. The Morgan fingerprint density at radius 1 is 1.27 bits per heavy atom. The number of amides is 1. The van der Waals surface area contributed by atoms with Gasteiger partial charge in [-0.25, -0.2) is 0 Å². The van der Waals surface area contributed by atoms with Gasteiger partial charge in [0.15, 0.2) is 5.82 Å². The van der Waals surface area contributed by atoms with Crippen molar-refractivity contribution < 1.29 is 9.32 Å². The first-order valence-corrected chi connectivity index (χ1v) is 11.5. The van der Waals surface area contributed by atoms with Crippen LogP contribution in [0.5, 0.6) is 0 Å². The van der Waals surface area contributed by atoms with E-state index in [2.05, 4.69) is 50.7 Å². The molecule has 2 saturated carbocycles. The van der Waals surface area contributed by atoms with E-state index in [9.17, 15) is 4.79 Å². The molecule has 1 aromatic carbocycles. The van der Waals surface area contributed by atoms with Gasteiger partial charge in [0.05, 0.1) is 5.41 Å². The van der Waals surface area contributed by atoms with Crippen LogP contribution in [0, 0.1) is 18.8 Å². The van der Waals surface area contributed by atoms with Gasteiger partial charge in [0.2, 0.25) is 11.8 Å². The summed E-state index contributed by atoms with van der Waals surface area (Å²) in [5.74, 6) is 2.68. The summed E-state index contributed by atoms with van der Waals surface area (Å²) >= 11 is 0. The smallest absolute Gasteiger partial charge is 0.234 e. The number of hydrogen-bond acceptors (Lipinski definition) is 5. The molecular formula is C24H32N4O2. The summed E-state index contributed by atoms with van der Waals surface area (Å²) < 4.78 is 5.71. The Labute approximate surface area is 178 Å². The van der Waals surface area contributed by atoms with Gasteiger partial charge in [0, 0.05) is 32.1 Å². The van der Waals surface area contributed by atoms with Crippen LogP contribution in [0.4, 0.5) is 0 Å². The highest BCUT2D eigenvalue weighted by Crippen LogP contribution is 2.50. The number of carbonyl (C=O) groups is 1. The van der Waals surface area contributed by atoms with Crippen molar-refractivity contribution >= 4 is 5.91 Å². The first kappa shape index (κ1) is 19.7. The number of aryl methyl sites for hydroxylation is 1. The molecule has 3 atom stereocenters. The Bertz CT molecular complexity index is 876. The van der Waals surface area contributed by atoms with Crippen LogP contribution in [-0.4, -0.2) is 40.1 Å². The predicted octanol–water partition coefficient (Wildman–Crippen LogP) is 3.61. The minimum atomic E-state index is -0.151. The van der Waals surface area contributed by atoms with Crippen molar-refractivity contribution in [3.63, 3.8) is 0 Å². The van der Waals surface area contributed by atoms with E-state index in [1.165, 1.54) is 31.2 Å². The van der Waals surface area contributed by atoms with Crippen LogP contribution in [-0.2, 0) is 16.8 Å². The molecule has 160 valence electrons. The molecule has 1 aromatic heterocycles. The highest BCUT2D eigenvalue weighted by Gasteiger charge is 2.57. The van der Waals surface area contributed by atoms with E-state index in [0.717, 1.165) is 38.4 Å². The third-order valence-electron chi connectivity index (χ3n) is 7.46. The number of benzene rings is 1. The second kappa shape index (κ2) is 8.14. The van der Waals surface area contributed by atoms with E-state index in [4.69, 9.17) is 4.52 Å². The number of carbonyl (C=O) groups excluding carboxylic acids is 1. The molecule has 6 heteroatoms. The number of hydrogen-bond donors (Lipinski definition) is 1. The molecule has 1 amide bonds. The van der Waals surface area contributed by atoms with Crippen molar-refractivity contribution in [3.8, 4) is 0 Å². The summed E-state index contributed by atoms with van der Waals surface area (Å²) in [6, 6.07) is 10.8. The number of nitrogens with one attached hydrogen (secondary N) is 1. The van der Waals surface area contributed by atoms with E-state index < -0.39 is 0 Å². The zero-order valence-corrected chi connectivity index (χ0v) is 17.8. The predicted molar refractivity (Wildman–Crippen MR) is 114 cm³/mol. The van der Waals surface area contributed by atoms with Crippen LogP contribution in [0.1, 0.15) is 62.2 Å². The van der Waals surface area contributed by atoms with Gasteiger partial charge in [-0.1, -0.05) is 48.3 Å².